The summed E-state index contributed by atoms with van der Waals surface area (Å²) in [7, 11) is 0. The molecule has 6 nitrogen and oxygen atoms in total. The van der Waals surface area contributed by atoms with E-state index in [-0.39, 0.29) is 0 Å². The lowest BCUT2D eigenvalue weighted by atomic mass is 10.0. The first kappa shape index (κ1) is 17.4. The highest BCUT2D eigenvalue weighted by molar-refractivity contribution is 5.41. The molecule has 2 heterocycles. The second-order valence-electron chi connectivity index (χ2n) is 6.24. The standard InChI is InChI=1S/C17H27N5O/c1-15-8-7-12-22(14-15)16-9-6-10-17(20-16)23-13-5-3-2-4-11-19-21-18/h6,9-10,15H,2-5,7-8,11-14H2,1H3. The number of unbranched alkanes of at least 4 members (excludes halogenated alkanes) is 3. The molecule has 0 N–H and O–H groups in total. The predicted molar refractivity (Wildman–Crippen MR) is 92.8 cm³/mol. The Labute approximate surface area is 138 Å². The molecular formula is C17H27N5O. The van der Waals surface area contributed by atoms with Crippen LogP contribution in [0.3, 0.4) is 0 Å². The maximum Gasteiger partial charge on any atom is 0.215 e. The quantitative estimate of drug-likeness (QED) is 0.290. The number of piperidine rings is 1. The number of rotatable bonds is 9. The fourth-order valence-electron chi connectivity index (χ4n) is 2.92. The number of nitrogens with zero attached hydrogens (tertiary/aromatic N) is 5. The van der Waals surface area contributed by atoms with Gasteiger partial charge in [-0.15, -0.1) is 0 Å². The molecule has 0 spiro atoms. The van der Waals surface area contributed by atoms with Crippen molar-refractivity contribution in [2.24, 2.45) is 11.0 Å². The molecule has 1 aliphatic heterocycles. The van der Waals surface area contributed by atoms with Crippen molar-refractivity contribution in [3.05, 3.63) is 28.6 Å². The van der Waals surface area contributed by atoms with E-state index in [4.69, 9.17) is 10.3 Å². The summed E-state index contributed by atoms with van der Waals surface area (Å²) in [5.74, 6) is 2.48. The Morgan fingerprint density at radius 1 is 1.35 bits per heavy atom. The van der Waals surface area contributed by atoms with Crippen molar-refractivity contribution in [3.8, 4) is 5.88 Å². The van der Waals surface area contributed by atoms with Crippen molar-refractivity contribution in [1.82, 2.24) is 4.98 Å². The molecular weight excluding hydrogens is 290 g/mol. The summed E-state index contributed by atoms with van der Waals surface area (Å²) in [6, 6.07) is 6.02. The van der Waals surface area contributed by atoms with Gasteiger partial charge in [-0.3, -0.25) is 0 Å². The topological polar surface area (TPSA) is 74.1 Å². The molecule has 0 aromatic carbocycles. The van der Waals surface area contributed by atoms with Crippen LogP contribution in [0, 0.1) is 5.92 Å². The smallest absolute Gasteiger partial charge is 0.215 e. The van der Waals surface area contributed by atoms with Gasteiger partial charge in [-0.25, -0.2) is 0 Å². The van der Waals surface area contributed by atoms with Gasteiger partial charge >= 0.3 is 0 Å². The zero-order valence-corrected chi connectivity index (χ0v) is 14.0. The maximum absolute atomic E-state index is 8.19. The third-order valence-electron chi connectivity index (χ3n) is 4.16. The van der Waals surface area contributed by atoms with Crippen molar-refractivity contribution in [3.63, 3.8) is 0 Å². The second kappa shape index (κ2) is 9.95. The number of hydrogen-bond donors (Lipinski definition) is 0. The fourth-order valence-corrected chi connectivity index (χ4v) is 2.92. The molecule has 6 heteroatoms. The molecule has 126 valence electrons. The minimum absolute atomic E-state index is 0.592. The molecule has 0 saturated carbocycles. The average molecular weight is 317 g/mol. The highest BCUT2D eigenvalue weighted by Gasteiger charge is 2.17. The molecule has 1 fully saturated rings. The summed E-state index contributed by atoms with van der Waals surface area (Å²) in [5, 5.41) is 3.53. The van der Waals surface area contributed by atoms with E-state index < -0.39 is 0 Å². The van der Waals surface area contributed by atoms with Crippen molar-refractivity contribution in [1.29, 1.82) is 0 Å². The van der Waals surface area contributed by atoms with Gasteiger partial charge in [0.05, 0.1) is 6.61 Å². The van der Waals surface area contributed by atoms with E-state index >= 15 is 0 Å². The van der Waals surface area contributed by atoms with Gasteiger partial charge in [-0.1, -0.05) is 30.9 Å². The number of azide groups is 1. The molecule has 23 heavy (non-hydrogen) atoms. The van der Waals surface area contributed by atoms with Crippen molar-refractivity contribution < 1.29 is 4.74 Å². The van der Waals surface area contributed by atoms with E-state index in [1.54, 1.807) is 0 Å². The van der Waals surface area contributed by atoms with E-state index in [9.17, 15) is 0 Å². The number of anilines is 1. The van der Waals surface area contributed by atoms with Crippen LogP contribution in [0.5, 0.6) is 5.88 Å². The van der Waals surface area contributed by atoms with E-state index in [1.807, 2.05) is 12.1 Å². The molecule has 1 saturated heterocycles. The Kier molecular flexibility index (Phi) is 7.54. The summed E-state index contributed by atoms with van der Waals surface area (Å²) < 4.78 is 5.77. The Morgan fingerprint density at radius 3 is 3.04 bits per heavy atom. The first-order valence-electron chi connectivity index (χ1n) is 8.65. The highest BCUT2D eigenvalue weighted by atomic mass is 16.5. The second-order valence-corrected chi connectivity index (χ2v) is 6.24. The van der Waals surface area contributed by atoms with Crippen LogP contribution < -0.4 is 9.64 Å². The molecule has 0 amide bonds. The number of ether oxygens (including phenoxy) is 1. The lowest BCUT2D eigenvalue weighted by molar-refractivity contribution is 0.293. The summed E-state index contributed by atoms with van der Waals surface area (Å²) in [6.45, 7) is 5.76. The third kappa shape index (κ3) is 6.37. The molecule has 1 unspecified atom stereocenters. The van der Waals surface area contributed by atoms with Gasteiger partial charge in [0.2, 0.25) is 5.88 Å². The van der Waals surface area contributed by atoms with Gasteiger partial charge < -0.3 is 9.64 Å². The lowest BCUT2D eigenvalue weighted by Gasteiger charge is -2.31. The van der Waals surface area contributed by atoms with Gasteiger partial charge in [0.25, 0.3) is 0 Å². The predicted octanol–water partition coefficient (Wildman–Crippen LogP) is 4.57. The van der Waals surface area contributed by atoms with E-state index in [2.05, 4.69) is 32.9 Å². The van der Waals surface area contributed by atoms with Crippen molar-refractivity contribution in [2.75, 3.05) is 31.1 Å². The SMILES string of the molecule is CC1CCCN(c2cccc(OCCCCCCN=[N+]=[N-])n2)C1. The van der Waals surface area contributed by atoms with Gasteiger partial charge in [0.1, 0.15) is 5.82 Å². The zero-order chi connectivity index (χ0) is 16.3. The van der Waals surface area contributed by atoms with Gasteiger partial charge in [0, 0.05) is 30.6 Å². The Morgan fingerprint density at radius 2 is 2.22 bits per heavy atom. The molecule has 1 aliphatic rings. The molecule has 2 rings (SSSR count). The monoisotopic (exact) mass is 317 g/mol. The molecule has 0 bridgehead atoms. The molecule has 1 atom stereocenters. The summed E-state index contributed by atoms with van der Waals surface area (Å²) in [4.78, 5) is 9.74. The van der Waals surface area contributed by atoms with Crippen LogP contribution >= 0.6 is 0 Å². The van der Waals surface area contributed by atoms with Crippen LogP contribution in [0.25, 0.3) is 10.4 Å². The minimum Gasteiger partial charge on any atom is -0.478 e. The minimum atomic E-state index is 0.592. The first-order valence-corrected chi connectivity index (χ1v) is 8.65. The van der Waals surface area contributed by atoms with Gasteiger partial charge in [0.15, 0.2) is 0 Å². The van der Waals surface area contributed by atoms with Crippen molar-refractivity contribution >= 4 is 5.82 Å². The summed E-state index contributed by atoms with van der Waals surface area (Å²) in [5.41, 5.74) is 8.19. The van der Waals surface area contributed by atoms with Crippen molar-refractivity contribution in [2.45, 2.75) is 45.4 Å². The average Bonchev–Trinajstić information content (AvgIpc) is 2.57. The first-order chi connectivity index (χ1) is 11.3. The number of aromatic nitrogens is 1. The Bertz CT molecular complexity index is 515. The molecule has 1 aromatic heterocycles. The normalized spacial score (nSPS) is 17.6. The molecule has 0 aliphatic carbocycles. The third-order valence-corrected chi connectivity index (χ3v) is 4.16. The van der Waals surface area contributed by atoms with Gasteiger partial charge in [-0.05, 0) is 43.2 Å². The number of hydrogen-bond acceptors (Lipinski definition) is 4. The Balaban J connectivity index is 1.69. The Hall–Kier alpha value is -1.94. The van der Waals surface area contributed by atoms with E-state index in [0.29, 0.717) is 13.2 Å². The van der Waals surface area contributed by atoms with Crippen LogP contribution in [0.1, 0.15) is 45.4 Å². The van der Waals surface area contributed by atoms with Crippen LogP contribution in [0.2, 0.25) is 0 Å². The summed E-state index contributed by atoms with van der Waals surface area (Å²) in [6.07, 6.45) is 6.66. The van der Waals surface area contributed by atoms with Crippen LogP contribution in [0.4, 0.5) is 5.82 Å². The van der Waals surface area contributed by atoms with Crippen LogP contribution in [-0.2, 0) is 0 Å². The van der Waals surface area contributed by atoms with Crippen LogP contribution in [0.15, 0.2) is 23.3 Å². The zero-order valence-electron chi connectivity index (χ0n) is 14.0. The van der Waals surface area contributed by atoms with Gasteiger partial charge in [-0.2, -0.15) is 4.98 Å². The maximum atomic E-state index is 8.19. The van der Waals surface area contributed by atoms with E-state index in [1.165, 1.54) is 12.8 Å². The van der Waals surface area contributed by atoms with Crippen LogP contribution in [-0.4, -0.2) is 31.2 Å². The molecule has 1 aromatic rings. The van der Waals surface area contributed by atoms with E-state index in [0.717, 1.165) is 56.4 Å². The lowest BCUT2D eigenvalue weighted by Crippen LogP contribution is -2.34. The summed E-state index contributed by atoms with van der Waals surface area (Å²) >= 11 is 0. The molecule has 0 radical (unpaired) electrons. The highest BCUT2D eigenvalue weighted by Crippen LogP contribution is 2.23. The fraction of sp³-hybridized carbons (Fsp3) is 0.706. The largest absolute Gasteiger partial charge is 0.478 e. The number of pyridine rings is 1.